The molecule has 152 valence electrons. The molecule has 1 saturated heterocycles. The molecule has 0 spiro atoms. The van der Waals surface area contributed by atoms with E-state index in [0.29, 0.717) is 41.5 Å². The maximum atomic E-state index is 12.4. The first-order valence-electron chi connectivity index (χ1n) is 8.76. The predicted octanol–water partition coefficient (Wildman–Crippen LogP) is 3.56. The van der Waals surface area contributed by atoms with E-state index in [-0.39, 0.29) is 17.7 Å². The molecule has 0 radical (unpaired) electrons. The van der Waals surface area contributed by atoms with Crippen LogP contribution < -0.4 is 5.32 Å². The summed E-state index contributed by atoms with van der Waals surface area (Å²) in [6.45, 7) is 2.29. The molecule has 0 unspecified atom stereocenters. The van der Waals surface area contributed by atoms with Crippen molar-refractivity contribution in [1.82, 2.24) is 10.2 Å². The Balaban J connectivity index is 1.92. The fourth-order valence-electron chi connectivity index (χ4n) is 2.85. The van der Waals surface area contributed by atoms with Crippen LogP contribution >= 0.6 is 35.0 Å². The second-order valence-electron chi connectivity index (χ2n) is 6.49. The molecule has 1 heterocycles. The van der Waals surface area contributed by atoms with Crippen LogP contribution in [0.3, 0.4) is 0 Å². The Morgan fingerprint density at radius 1 is 1.25 bits per heavy atom. The smallest absolute Gasteiger partial charge is 0.325 e. The van der Waals surface area contributed by atoms with Crippen molar-refractivity contribution >= 4 is 58.8 Å². The van der Waals surface area contributed by atoms with Gasteiger partial charge < -0.3 is 15.3 Å². The highest BCUT2D eigenvalue weighted by atomic mass is 35.5. The van der Waals surface area contributed by atoms with E-state index < -0.39 is 12.0 Å². The molecular weight excluding hydrogens is 423 g/mol. The molecule has 0 bridgehead atoms. The highest BCUT2D eigenvalue weighted by Gasteiger charge is 2.28. The van der Waals surface area contributed by atoms with Gasteiger partial charge in [-0.05, 0) is 43.7 Å². The molecule has 0 aromatic heterocycles. The normalized spacial score (nSPS) is 16.2. The topological polar surface area (TPSA) is 86.7 Å². The van der Waals surface area contributed by atoms with Gasteiger partial charge >= 0.3 is 5.97 Å². The SMILES string of the molecule is CSc1ccc(/C=C/C(=O)N2CCC(C(=O)N[C@@H](C)C(=O)O)CC2)c(Cl)c1Cl. The first-order chi connectivity index (χ1) is 13.2. The van der Waals surface area contributed by atoms with Gasteiger partial charge in [-0.25, -0.2) is 0 Å². The second kappa shape index (κ2) is 10.2. The van der Waals surface area contributed by atoms with Gasteiger partial charge in [0.25, 0.3) is 0 Å². The Hall–Kier alpha value is -1.70. The molecule has 2 rings (SSSR count). The summed E-state index contributed by atoms with van der Waals surface area (Å²) in [5.74, 6) is -1.82. The molecule has 1 fully saturated rings. The maximum Gasteiger partial charge on any atom is 0.325 e. The van der Waals surface area contributed by atoms with E-state index in [1.165, 1.54) is 24.8 Å². The van der Waals surface area contributed by atoms with Crippen LogP contribution in [0.5, 0.6) is 0 Å². The third-order valence-electron chi connectivity index (χ3n) is 4.61. The van der Waals surface area contributed by atoms with Crippen molar-refractivity contribution in [3.05, 3.63) is 33.8 Å². The molecule has 1 aliphatic heterocycles. The maximum absolute atomic E-state index is 12.4. The van der Waals surface area contributed by atoms with Gasteiger partial charge in [0, 0.05) is 30.0 Å². The number of aliphatic carboxylic acids is 1. The lowest BCUT2D eigenvalue weighted by Gasteiger charge is -2.31. The minimum absolute atomic E-state index is 0.168. The standard InChI is InChI=1S/C19H22Cl2N2O4S/c1-11(19(26)27)22-18(25)13-7-9-23(10-8-13)15(24)6-4-12-3-5-14(28-2)17(21)16(12)20/h3-6,11,13H,7-10H2,1-2H3,(H,22,25)(H,26,27)/b6-4+/t11-/m0/s1. The van der Waals surface area contributed by atoms with Crippen molar-refractivity contribution in [2.75, 3.05) is 19.3 Å². The van der Waals surface area contributed by atoms with E-state index in [0.717, 1.165) is 4.90 Å². The lowest BCUT2D eigenvalue weighted by atomic mass is 9.95. The van der Waals surface area contributed by atoms with Crippen molar-refractivity contribution in [2.45, 2.75) is 30.7 Å². The zero-order valence-corrected chi connectivity index (χ0v) is 17.9. The van der Waals surface area contributed by atoms with Gasteiger partial charge in [0.2, 0.25) is 11.8 Å². The lowest BCUT2D eigenvalue weighted by Crippen LogP contribution is -2.46. The highest BCUT2D eigenvalue weighted by Crippen LogP contribution is 2.35. The van der Waals surface area contributed by atoms with Crippen molar-refractivity contribution in [3.63, 3.8) is 0 Å². The number of likely N-dealkylation sites (tertiary alicyclic amines) is 1. The predicted molar refractivity (Wildman–Crippen MR) is 112 cm³/mol. The largest absolute Gasteiger partial charge is 0.480 e. The molecule has 0 aliphatic carbocycles. The molecule has 1 aromatic carbocycles. The fraction of sp³-hybridized carbons (Fsp3) is 0.421. The number of carboxylic acid groups (broad SMARTS) is 1. The van der Waals surface area contributed by atoms with Crippen LogP contribution in [0.15, 0.2) is 23.1 Å². The number of hydrogen-bond donors (Lipinski definition) is 2. The van der Waals surface area contributed by atoms with E-state index in [2.05, 4.69) is 5.32 Å². The van der Waals surface area contributed by atoms with Crippen LogP contribution in [-0.2, 0) is 14.4 Å². The van der Waals surface area contributed by atoms with Gasteiger partial charge in [-0.1, -0.05) is 29.3 Å². The Morgan fingerprint density at radius 3 is 2.46 bits per heavy atom. The van der Waals surface area contributed by atoms with E-state index in [1.807, 2.05) is 18.4 Å². The Labute approximate surface area is 178 Å². The van der Waals surface area contributed by atoms with Crippen LogP contribution in [0.2, 0.25) is 10.0 Å². The summed E-state index contributed by atoms with van der Waals surface area (Å²) in [4.78, 5) is 37.9. The summed E-state index contributed by atoms with van der Waals surface area (Å²) >= 11 is 14.0. The van der Waals surface area contributed by atoms with E-state index >= 15 is 0 Å². The van der Waals surface area contributed by atoms with Gasteiger partial charge in [0.05, 0.1) is 10.0 Å². The molecule has 1 aromatic rings. The molecule has 2 N–H and O–H groups in total. The Kier molecular flexibility index (Phi) is 8.22. The summed E-state index contributed by atoms with van der Waals surface area (Å²) in [6, 6.07) is 2.74. The van der Waals surface area contributed by atoms with E-state index in [9.17, 15) is 14.4 Å². The monoisotopic (exact) mass is 444 g/mol. The number of halogens is 2. The summed E-state index contributed by atoms with van der Waals surface area (Å²) in [5.41, 5.74) is 0.662. The number of benzene rings is 1. The first-order valence-corrected chi connectivity index (χ1v) is 10.7. The molecule has 1 aliphatic rings. The van der Waals surface area contributed by atoms with Gasteiger partial charge in [0.1, 0.15) is 6.04 Å². The molecule has 2 amide bonds. The van der Waals surface area contributed by atoms with Gasteiger partial charge in [-0.3, -0.25) is 14.4 Å². The van der Waals surface area contributed by atoms with E-state index in [4.69, 9.17) is 28.3 Å². The second-order valence-corrected chi connectivity index (χ2v) is 8.09. The Morgan fingerprint density at radius 2 is 1.89 bits per heavy atom. The molecule has 1 atom stereocenters. The fourth-order valence-corrected chi connectivity index (χ4v) is 4.03. The van der Waals surface area contributed by atoms with Crippen LogP contribution in [0, 0.1) is 5.92 Å². The Bertz CT molecular complexity index is 792. The number of rotatable bonds is 6. The summed E-state index contributed by atoms with van der Waals surface area (Å²) < 4.78 is 0. The van der Waals surface area contributed by atoms with Crippen molar-refractivity contribution < 1.29 is 19.5 Å². The summed E-state index contributed by atoms with van der Waals surface area (Å²) in [5, 5.41) is 12.2. The molecular formula is C19H22Cl2N2O4S. The van der Waals surface area contributed by atoms with Gasteiger partial charge in [-0.15, -0.1) is 11.8 Å². The van der Waals surface area contributed by atoms with Crippen molar-refractivity contribution in [2.24, 2.45) is 5.92 Å². The number of carbonyl (C=O) groups is 3. The quantitative estimate of drug-likeness (QED) is 0.517. The zero-order valence-electron chi connectivity index (χ0n) is 15.6. The highest BCUT2D eigenvalue weighted by molar-refractivity contribution is 7.98. The van der Waals surface area contributed by atoms with Crippen LogP contribution in [0.25, 0.3) is 6.08 Å². The summed E-state index contributed by atoms with van der Waals surface area (Å²) in [6.07, 6.45) is 5.97. The first kappa shape index (κ1) is 22.6. The number of hydrogen-bond acceptors (Lipinski definition) is 4. The minimum Gasteiger partial charge on any atom is -0.480 e. The van der Waals surface area contributed by atoms with Crippen LogP contribution in [-0.4, -0.2) is 53.2 Å². The zero-order chi connectivity index (χ0) is 20.8. The molecule has 0 saturated carbocycles. The van der Waals surface area contributed by atoms with Crippen LogP contribution in [0.1, 0.15) is 25.3 Å². The average Bonchev–Trinajstić information content (AvgIpc) is 2.68. The van der Waals surface area contributed by atoms with Crippen molar-refractivity contribution in [1.29, 1.82) is 0 Å². The molecule has 9 heteroatoms. The average molecular weight is 445 g/mol. The minimum atomic E-state index is -1.07. The number of carbonyl (C=O) groups excluding carboxylic acids is 2. The summed E-state index contributed by atoms with van der Waals surface area (Å²) in [7, 11) is 0. The number of thioether (sulfide) groups is 1. The lowest BCUT2D eigenvalue weighted by molar-refractivity contribution is -0.142. The number of nitrogens with zero attached hydrogens (tertiary/aromatic N) is 1. The van der Waals surface area contributed by atoms with Gasteiger partial charge in [-0.2, -0.15) is 0 Å². The third kappa shape index (κ3) is 5.65. The third-order valence-corrected chi connectivity index (χ3v) is 6.40. The van der Waals surface area contributed by atoms with E-state index in [1.54, 1.807) is 11.0 Å². The number of amides is 2. The van der Waals surface area contributed by atoms with Gasteiger partial charge in [0.15, 0.2) is 0 Å². The number of piperidine rings is 1. The number of carboxylic acids is 1. The molecule has 28 heavy (non-hydrogen) atoms. The number of nitrogens with one attached hydrogen (secondary N) is 1. The molecule has 6 nitrogen and oxygen atoms in total. The van der Waals surface area contributed by atoms with Crippen LogP contribution in [0.4, 0.5) is 0 Å². The van der Waals surface area contributed by atoms with Crippen molar-refractivity contribution in [3.8, 4) is 0 Å².